The van der Waals surface area contributed by atoms with E-state index in [1.54, 1.807) is 54.9 Å². The molecule has 1 aliphatic rings. The minimum absolute atomic E-state index is 0.0736. The zero-order valence-electron chi connectivity index (χ0n) is 18.7. The molecule has 8 heteroatoms. The molecule has 0 spiro atoms. The SMILES string of the molecule is COc1ccc(OC)c(N(C(=O)c2ccco2)C(C(=O)NC2CCCC2)c2cccnc2)c1. The number of furan rings is 1. The molecule has 1 saturated carbocycles. The maximum Gasteiger partial charge on any atom is 0.295 e. The number of benzene rings is 1. The number of nitrogens with one attached hydrogen (secondary N) is 1. The van der Waals surface area contributed by atoms with Crippen molar-refractivity contribution < 1.29 is 23.5 Å². The number of nitrogens with zero attached hydrogens (tertiary/aromatic N) is 2. The molecule has 1 aliphatic carbocycles. The Morgan fingerprint density at radius 2 is 1.94 bits per heavy atom. The van der Waals surface area contributed by atoms with Crippen LogP contribution >= 0.6 is 0 Å². The van der Waals surface area contributed by atoms with Crippen LogP contribution in [0.5, 0.6) is 11.5 Å². The lowest BCUT2D eigenvalue weighted by molar-refractivity contribution is -0.123. The zero-order valence-corrected chi connectivity index (χ0v) is 18.7. The third-order valence-corrected chi connectivity index (χ3v) is 5.80. The van der Waals surface area contributed by atoms with Gasteiger partial charge in [0.15, 0.2) is 5.76 Å². The first-order chi connectivity index (χ1) is 16.1. The van der Waals surface area contributed by atoms with Crippen molar-refractivity contribution in [3.05, 3.63) is 72.4 Å². The number of ether oxygens (including phenoxy) is 2. The minimum atomic E-state index is -1.00. The van der Waals surface area contributed by atoms with Crippen molar-refractivity contribution >= 4 is 17.5 Å². The van der Waals surface area contributed by atoms with Gasteiger partial charge in [0.05, 0.1) is 26.2 Å². The highest BCUT2D eigenvalue weighted by Gasteiger charge is 2.37. The lowest BCUT2D eigenvalue weighted by atomic mass is 10.0. The molecule has 0 aliphatic heterocycles. The zero-order chi connectivity index (χ0) is 23.2. The minimum Gasteiger partial charge on any atom is -0.497 e. The van der Waals surface area contributed by atoms with E-state index in [1.165, 1.54) is 25.4 Å². The Morgan fingerprint density at radius 1 is 1.12 bits per heavy atom. The molecule has 1 aromatic carbocycles. The van der Waals surface area contributed by atoms with Gasteiger partial charge in [-0.25, -0.2) is 0 Å². The summed E-state index contributed by atoms with van der Waals surface area (Å²) in [5.41, 5.74) is 0.950. The van der Waals surface area contributed by atoms with Crippen LogP contribution in [0.25, 0.3) is 0 Å². The molecule has 2 amide bonds. The fourth-order valence-corrected chi connectivity index (χ4v) is 4.18. The van der Waals surface area contributed by atoms with E-state index < -0.39 is 11.9 Å². The van der Waals surface area contributed by atoms with Crippen molar-refractivity contribution in [1.29, 1.82) is 0 Å². The Morgan fingerprint density at radius 3 is 2.58 bits per heavy atom. The van der Waals surface area contributed by atoms with Crippen molar-refractivity contribution in [1.82, 2.24) is 10.3 Å². The van der Waals surface area contributed by atoms with Crippen LogP contribution in [0, 0.1) is 0 Å². The molecule has 0 saturated heterocycles. The van der Waals surface area contributed by atoms with E-state index in [4.69, 9.17) is 13.9 Å². The molecule has 2 heterocycles. The maximum atomic E-state index is 13.8. The Bertz CT molecular complexity index is 1080. The summed E-state index contributed by atoms with van der Waals surface area (Å²) in [6.45, 7) is 0. The van der Waals surface area contributed by atoms with Gasteiger partial charge in [-0.15, -0.1) is 0 Å². The molecule has 1 fully saturated rings. The van der Waals surface area contributed by atoms with E-state index in [0.717, 1.165) is 25.7 Å². The van der Waals surface area contributed by atoms with Crippen molar-refractivity contribution in [2.24, 2.45) is 0 Å². The number of carbonyl (C=O) groups excluding carboxylic acids is 2. The topological polar surface area (TPSA) is 93.9 Å². The van der Waals surface area contributed by atoms with Crippen LogP contribution in [0.4, 0.5) is 5.69 Å². The number of hydrogen-bond donors (Lipinski definition) is 1. The second kappa shape index (κ2) is 10.2. The number of aromatic nitrogens is 1. The van der Waals surface area contributed by atoms with Gasteiger partial charge >= 0.3 is 0 Å². The summed E-state index contributed by atoms with van der Waals surface area (Å²) in [4.78, 5) is 33.1. The number of pyridine rings is 1. The van der Waals surface area contributed by atoms with Gasteiger partial charge in [0, 0.05) is 30.1 Å². The number of rotatable bonds is 8. The Hall–Kier alpha value is -3.81. The molecule has 172 valence electrons. The highest BCUT2D eigenvalue weighted by atomic mass is 16.5. The summed E-state index contributed by atoms with van der Waals surface area (Å²) < 4.78 is 16.4. The lowest BCUT2D eigenvalue weighted by Crippen LogP contribution is -2.46. The molecule has 33 heavy (non-hydrogen) atoms. The van der Waals surface area contributed by atoms with Crippen molar-refractivity contribution in [3.63, 3.8) is 0 Å². The fourth-order valence-electron chi connectivity index (χ4n) is 4.18. The fraction of sp³-hybridized carbons (Fsp3) is 0.320. The van der Waals surface area contributed by atoms with E-state index in [0.29, 0.717) is 22.7 Å². The van der Waals surface area contributed by atoms with Crippen molar-refractivity contribution in [2.45, 2.75) is 37.8 Å². The second-order valence-corrected chi connectivity index (χ2v) is 7.87. The molecular formula is C25H27N3O5. The monoisotopic (exact) mass is 449 g/mol. The number of hydrogen-bond acceptors (Lipinski definition) is 6. The van der Waals surface area contributed by atoms with Crippen LogP contribution in [0.1, 0.15) is 47.8 Å². The van der Waals surface area contributed by atoms with Gasteiger partial charge in [0.2, 0.25) is 5.91 Å². The molecule has 8 nitrogen and oxygen atoms in total. The van der Waals surface area contributed by atoms with Gasteiger partial charge in [-0.3, -0.25) is 19.5 Å². The summed E-state index contributed by atoms with van der Waals surface area (Å²) in [6.07, 6.45) is 8.61. The van der Waals surface area contributed by atoms with Gasteiger partial charge in [0.25, 0.3) is 5.91 Å². The number of amides is 2. The number of carbonyl (C=O) groups is 2. The van der Waals surface area contributed by atoms with E-state index in [2.05, 4.69) is 10.3 Å². The van der Waals surface area contributed by atoms with Crippen LogP contribution in [-0.2, 0) is 4.79 Å². The maximum absolute atomic E-state index is 13.8. The van der Waals surface area contributed by atoms with Crippen LogP contribution in [-0.4, -0.2) is 37.1 Å². The molecule has 3 aromatic rings. The third-order valence-electron chi connectivity index (χ3n) is 5.80. The summed E-state index contributed by atoms with van der Waals surface area (Å²) in [5, 5.41) is 3.13. The van der Waals surface area contributed by atoms with E-state index in [9.17, 15) is 9.59 Å². The first kappa shape index (κ1) is 22.4. The van der Waals surface area contributed by atoms with Crippen LogP contribution in [0.15, 0.2) is 65.5 Å². The summed E-state index contributed by atoms with van der Waals surface area (Å²) in [7, 11) is 3.05. The molecule has 0 bridgehead atoms. The Labute approximate surface area is 192 Å². The van der Waals surface area contributed by atoms with E-state index in [1.807, 2.05) is 0 Å². The van der Waals surface area contributed by atoms with Crippen LogP contribution in [0.3, 0.4) is 0 Å². The molecule has 1 unspecified atom stereocenters. The van der Waals surface area contributed by atoms with Gasteiger partial charge in [-0.2, -0.15) is 0 Å². The van der Waals surface area contributed by atoms with Gasteiger partial charge in [-0.05, 0) is 43.2 Å². The molecule has 1 N–H and O–H groups in total. The molecule has 0 radical (unpaired) electrons. The van der Waals surface area contributed by atoms with Gasteiger partial charge < -0.3 is 19.2 Å². The molecule has 1 atom stereocenters. The van der Waals surface area contributed by atoms with Crippen LogP contribution < -0.4 is 19.7 Å². The average molecular weight is 450 g/mol. The van der Waals surface area contributed by atoms with E-state index in [-0.39, 0.29) is 17.7 Å². The molecule has 2 aromatic heterocycles. The largest absolute Gasteiger partial charge is 0.497 e. The molecule has 4 rings (SSSR count). The van der Waals surface area contributed by atoms with E-state index >= 15 is 0 Å². The van der Waals surface area contributed by atoms with Crippen molar-refractivity contribution in [2.75, 3.05) is 19.1 Å². The first-order valence-electron chi connectivity index (χ1n) is 10.9. The normalized spacial score (nSPS) is 14.5. The van der Waals surface area contributed by atoms with Crippen molar-refractivity contribution in [3.8, 4) is 11.5 Å². The lowest BCUT2D eigenvalue weighted by Gasteiger charge is -2.32. The summed E-state index contributed by atoms with van der Waals surface area (Å²) in [5.74, 6) is 0.256. The second-order valence-electron chi connectivity index (χ2n) is 7.87. The smallest absolute Gasteiger partial charge is 0.295 e. The standard InChI is InChI=1S/C25H27N3O5/c1-31-19-11-12-21(32-2)20(15-19)28(25(30)22-10-6-14-33-22)23(17-7-5-13-26-16-17)24(29)27-18-8-3-4-9-18/h5-7,10-16,18,23H,3-4,8-9H2,1-2H3,(H,27,29). The Balaban J connectivity index is 1.86. The predicted octanol–water partition coefficient (Wildman–Crippen LogP) is 4.14. The summed E-state index contributed by atoms with van der Waals surface area (Å²) >= 11 is 0. The third kappa shape index (κ3) is 4.84. The van der Waals surface area contributed by atoms with Crippen LogP contribution in [0.2, 0.25) is 0 Å². The number of anilines is 1. The first-order valence-corrected chi connectivity index (χ1v) is 10.9. The quantitative estimate of drug-likeness (QED) is 0.556. The highest BCUT2D eigenvalue weighted by Crippen LogP contribution is 2.38. The predicted molar refractivity (Wildman–Crippen MR) is 122 cm³/mol. The highest BCUT2D eigenvalue weighted by molar-refractivity contribution is 6.09. The molecular weight excluding hydrogens is 422 g/mol. The summed E-state index contributed by atoms with van der Waals surface area (Å²) in [6, 6.07) is 10.9. The Kier molecular flexibility index (Phi) is 6.92. The number of methoxy groups -OCH3 is 2. The van der Waals surface area contributed by atoms with Gasteiger partial charge in [0.1, 0.15) is 17.5 Å². The average Bonchev–Trinajstić information content (AvgIpc) is 3.57. The van der Waals surface area contributed by atoms with Gasteiger partial charge in [-0.1, -0.05) is 18.9 Å².